The molecule has 0 atom stereocenters. The molecular weight excluding hydrogens is 414 g/mol. The van der Waals surface area contributed by atoms with Crippen LogP contribution in [-0.2, 0) is 4.79 Å². The van der Waals surface area contributed by atoms with Crippen LogP contribution >= 0.6 is 12.2 Å². The third kappa shape index (κ3) is 4.16. The van der Waals surface area contributed by atoms with E-state index in [2.05, 4.69) is 43.0 Å². The van der Waals surface area contributed by atoms with Crippen LogP contribution in [0.1, 0.15) is 25.0 Å². The summed E-state index contributed by atoms with van der Waals surface area (Å²) in [5, 5.41) is 0.455. The molecule has 1 fully saturated rings. The summed E-state index contributed by atoms with van der Waals surface area (Å²) < 4.78 is 0. The summed E-state index contributed by atoms with van der Waals surface area (Å²) in [6.45, 7) is 8.25. The van der Waals surface area contributed by atoms with Crippen LogP contribution < -0.4 is 14.7 Å². The second-order valence-electron chi connectivity index (χ2n) is 7.72. The molecule has 4 rings (SSSR count). The molecule has 0 N–H and O–H groups in total. The van der Waals surface area contributed by atoms with E-state index in [1.54, 1.807) is 4.90 Å². The zero-order valence-corrected chi connectivity index (χ0v) is 19.5. The predicted octanol–water partition coefficient (Wildman–Crippen LogP) is 6.02. The Balaban J connectivity index is 1.77. The molecule has 3 aromatic carbocycles. The number of hydrogen-bond acceptors (Lipinski definition) is 3. The lowest BCUT2D eigenvalue weighted by molar-refractivity contribution is -0.113. The van der Waals surface area contributed by atoms with Crippen molar-refractivity contribution in [3.05, 3.63) is 95.7 Å². The number of para-hydroxylation sites is 1. The molecule has 0 unspecified atom stereocenters. The number of carbonyl (C=O) groups is 1. The summed E-state index contributed by atoms with van der Waals surface area (Å²) in [4.78, 5) is 19.3. The topological polar surface area (TPSA) is 26.8 Å². The minimum Gasteiger partial charge on any atom is -0.372 e. The third-order valence-corrected chi connectivity index (χ3v) is 6.04. The van der Waals surface area contributed by atoms with Gasteiger partial charge in [-0.2, -0.15) is 0 Å². The monoisotopic (exact) mass is 441 g/mol. The number of amides is 1. The van der Waals surface area contributed by atoms with Crippen LogP contribution in [0.25, 0.3) is 6.08 Å². The van der Waals surface area contributed by atoms with Gasteiger partial charge in [0, 0.05) is 24.5 Å². The van der Waals surface area contributed by atoms with Gasteiger partial charge < -0.3 is 4.90 Å². The first-order valence-electron chi connectivity index (χ1n) is 10.9. The summed E-state index contributed by atoms with van der Waals surface area (Å²) >= 11 is 5.80. The van der Waals surface area contributed by atoms with Gasteiger partial charge in [0.15, 0.2) is 5.11 Å². The average Bonchev–Trinajstić information content (AvgIpc) is 3.06. The Morgan fingerprint density at radius 2 is 1.41 bits per heavy atom. The van der Waals surface area contributed by atoms with E-state index >= 15 is 0 Å². The van der Waals surface area contributed by atoms with E-state index in [0.29, 0.717) is 10.8 Å². The molecule has 0 radical (unpaired) electrons. The van der Waals surface area contributed by atoms with Gasteiger partial charge in [-0.15, -0.1) is 0 Å². The lowest BCUT2D eigenvalue weighted by atomic mass is 10.1. The maximum absolute atomic E-state index is 13.6. The SMILES string of the molecule is CCN(CC)c1ccc(C=C2C(=O)N(c3ccccc3)C(=S)N2c2ccc(C)cc2)cc1. The summed E-state index contributed by atoms with van der Waals surface area (Å²) in [6, 6.07) is 25.9. The Bertz CT molecular complexity index is 1130. The van der Waals surface area contributed by atoms with Gasteiger partial charge in [0.25, 0.3) is 5.91 Å². The number of carbonyl (C=O) groups excluding carboxylic acids is 1. The molecule has 5 heteroatoms. The van der Waals surface area contributed by atoms with Crippen molar-refractivity contribution < 1.29 is 4.79 Å². The smallest absolute Gasteiger partial charge is 0.281 e. The Morgan fingerprint density at radius 3 is 2.00 bits per heavy atom. The first-order valence-corrected chi connectivity index (χ1v) is 11.3. The van der Waals surface area contributed by atoms with Crippen LogP contribution in [0, 0.1) is 6.92 Å². The highest BCUT2D eigenvalue weighted by Crippen LogP contribution is 2.33. The second kappa shape index (κ2) is 9.37. The van der Waals surface area contributed by atoms with Crippen molar-refractivity contribution in [3.8, 4) is 0 Å². The molecule has 1 saturated heterocycles. The van der Waals surface area contributed by atoms with Crippen molar-refractivity contribution in [3.63, 3.8) is 0 Å². The lowest BCUT2D eigenvalue weighted by Crippen LogP contribution is -2.32. The maximum Gasteiger partial charge on any atom is 0.281 e. The number of aryl methyl sites for hydroxylation is 1. The van der Waals surface area contributed by atoms with Crippen LogP contribution in [-0.4, -0.2) is 24.1 Å². The van der Waals surface area contributed by atoms with E-state index in [1.165, 1.54) is 5.69 Å². The number of benzene rings is 3. The molecule has 162 valence electrons. The molecule has 1 aliphatic heterocycles. The highest BCUT2D eigenvalue weighted by Gasteiger charge is 2.39. The lowest BCUT2D eigenvalue weighted by Gasteiger charge is -2.21. The van der Waals surface area contributed by atoms with Gasteiger partial charge in [0.1, 0.15) is 5.70 Å². The van der Waals surface area contributed by atoms with Crippen molar-refractivity contribution >= 4 is 46.4 Å². The molecule has 0 saturated carbocycles. The van der Waals surface area contributed by atoms with Crippen LogP contribution in [0.2, 0.25) is 0 Å². The van der Waals surface area contributed by atoms with E-state index in [0.717, 1.165) is 35.6 Å². The Kier molecular flexibility index (Phi) is 6.37. The van der Waals surface area contributed by atoms with Crippen molar-refractivity contribution in [2.24, 2.45) is 0 Å². The number of thiocarbonyl (C=S) groups is 1. The first-order chi connectivity index (χ1) is 15.5. The van der Waals surface area contributed by atoms with E-state index in [4.69, 9.17) is 12.2 Å². The number of rotatable bonds is 6. The molecule has 0 bridgehead atoms. The first kappa shape index (κ1) is 21.8. The quantitative estimate of drug-likeness (QED) is 0.345. The average molecular weight is 442 g/mol. The van der Waals surface area contributed by atoms with Gasteiger partial charge in [-0.05, 0) is 81.0 Å². The van der Waals surface area contributed by atoms with Crippen LogP contribution in [0.5, 0.6) is 0 Å². The van der Waals surface area contributed by atoms with Crippen molar-refractivity contribution in [1.82, 2.24) is 0 Å². The molecule has 0 aromatic heterocycles. The fraction of sp³-hybridized carbons (Fsp3) is 0.185. The number of anilines is 3. The minimum absolute atomic E-state index is 0.130. The molecule has 0 aliphatic carbocycles. The minimum atomic E-state index is -0.130. The molecule has 3 aromatic rings. The summed E-state index contributed by atoms with van der Waals surface area (Å²) in [7, 11) is 0. The van der Waals surface area contributed by atoms with E-state index in [9.17, 15) is 4.79 Å². The van der Waals surface area contributed by atoms with Crippen molar-refractivity contribution in [2.45, 2.75) is 20.8 Å². The number of nitrogens with zero attached hydrogens (tertiary/aromatic N) is 3. The predicted molar refractivity (Wildman–Crippen MR) is 138 cm³/mol. The van der Waals surface area contributed by atoms with Crippen molar-refractivity contribution in [2.75, 3.05) is 27.8 Å². The molecule has 32 heavy (non-hydrogen) atoms. The molecule has 1 aliphatic rings. The van der Waals surface area contributed by atoms with Gasteiger partial charge in [-0.25, -0.2) is 0 Å². The fourth-order valence-electron chi connectivity index (χ4n) is 3.90. The van der Waals surface area contributed by atoms with Gasteiger partial charge in [-0.3, -0.25) is 14.6 Å². The highest BCUT2D eigenvalue weighted by molar-refractivity contribution is 7.81. The Morgan fingerprint density at radius 1 is 0.812 bits per heavy atom. The van der Waals surface area contributed by atoms with Gasteiger partial charge in [0.05, 0.1) is 5.69 Å². The zero-order valence-electron chi connectivity index (χ0n) is 18.7. The molecule has 1 amide bonds. The fourth-order valence-corrected chi connectivity index (χ4v) is 4.29. The summed E-state index contributed by atoms with van der Waals surface area (Å²) in [5.74, 6) is -0.130. The van der Waals surface area contributed by atoms with Crippen LogP contribution in [0.3, 0.4) is 0 Å². The summed E-state index contributed by atoms with van der Waals surface area (Å²) in [5.41, 5.74) is 5.46. The Labute approximate surface area is 195 Å². The van der Waals surface area contributed by atoms with Crippen molar-refractivity contribution in [1.29, 1.82) is 0 Å². The van der Waals surface area contributed by atoms with Gasteiger partial charge in [-0.1, -0.05) is 48.0 Å². The largest absolute Gasteiger partial charge is 0.372 e. The standard InChI is InChI=1S/C27H27N3OS/c1-4-28(5-2)22-17-13-21(14-18-22)19-25-26(31)30(23-9-7-6-8-10-23)27(32)29(25)24-15-11-20(3)12-16-24/h6-19H,4-5H2,1-3H3. The normalized spacial score (nSPS) is 15.0. The molecule has 1 heterocycles. The second-order valence-corrected chi connectivity index (χ2v) is 8.09. The molecule has 0 spiro atoms. The van der Waals surface area contributed by atoms with Crippen LogP contribution in [0.15, 0.2) is 84.6 Å². The Hall–Kier alpha value is -3.44. The summed E-state index contributed by atoms with van der Waals surface area (Å²) in [6.07, 6.45) is 1.92. The number of hydrogen-bond donors (Lipinski definition) is 0. The third-order valence-electron chi connectivity index (χ3n) is 5.68. The van der Waals surface area contributed by atoms with Gasteiger partial charge in [0.2, 0.25) is 0 Å². The zero-order chi connectivity index (χ0) is 22.7. The maximum atomic E-state index is 13.6. The molecule has 4 nitrogen and oxygen atoms in total. The van der Waals surface area contributed by atoms with Crippen LogP contribution in [0.4, 0.5) is 17.1 Å². The van der Waals surface area contributed by atoms with E-state index in [1.807, 2.05) is 72.5 Å². The molecular formula is C27H27N3OS. The van der Waals surface area contributed by atoms with E-state index in [-0.39, 0.29) is 5.91 Å². The van der Waals surface area contributed by atoms with E-state index < -0.39 is 0 Å². The van der Waals surface area contributed by atoms with Gasteiger partial charge >= 0.3 is 0 Å². The highest BCUT2D eigenvalue weighted by atomic mass is 32.1.